The molecule has 0 fully saturated rings. The van der Waals surface area contributed by atoms with Crippen LogP contribution in [0.25, 0.3) is 0 Å². The molecule has 1 heterocycles. The number of carbonyl (C=O) groups is 4. The van der Waals surface area contributed by atoms with Gasteiger partial charge in [-0.2, -0.15) is 5.26 Å². The number of aromatic carboxylic acids is 1. The van der Waals surface area contributed by atoms with Gasteiger partial charge in [-0.25, -0.2) is 0 Å². The molecule has 27 heavy (non-hydrogen) atoms. The van der Waals surface area contributed by atoms with E-state index in [9.17, 15) is 39.6 Å². The predicted molar refractivity (Wildman–Crippen MR) is 71.0 cm³/mol. The molecule has 0 aromatic carbocycles. The quantitative estimate of drug-likeness (QED) is 0.329. The van der Waals surface area contributed by atoms with Crippen LogP contribution in [0.2, 0.25) is 0 Å². The third-order valence-corrected chi connectivity index (χ3v) is 3.81. The van der Waals surface area contributed by atoms with Gasteiger partial charge in [-0.15, -0.1) is 11.3 Å². The fraction of sp³-hybridized carbons (Fsp3) is 0.308. The zero-order valence-corrected chi connectivity index (χ0v) is 24.4. The fourth-order valence-electron chi connectivity index (χ4n) is 1.78. The van der Waals surface area contributed by atoms with E-state index in [0.717, 1.165) is 0 Å². The van der Waals surface area contributed by atoms with Gasteiger partial charge < -0.3 is 44.5 Å². The molecule has 1 rings (SSSR count). The van der Waals surface area contributed by atoms with Crippen molar-refractivity contribution < 1.29 is 194 Å². The Morgan fingerprint density at radius 1 is 0.926 bits per heavy atom. The number of rotatable bonds is 8. The van der Waals surface area contributed by atoms with E-state index in [0.29, 0.717) is 16.2 Å². The van der Waals surface area contributed by atoms with Crippen molar-refractivity contribution in [2.45, 2.75) is 13.8 Å². The van der Waals surface area contributed by atoms with Crippen molar-refractivity contribution in [3.63, 3.8) is 0 Å². The molecular formula is C13H10K3N2O8S-. The topological polar surface area (TPSA) is 188 Å². The van der Waals surface area contributed by atoms with Gasteiger partial charge in [0.15, 0.2) is 0 Å². The van der Waals surface area contributed by atoms with Crippen LogP contribution in [-0.4, -0.2) is 37.0 Å². The Bertz CT molecular complexity index is 716. The molecule has 0 amide bonds. The van der Waals surface area contributed by atoms with Gasteiger partial charge in [0.25, 0.3) is 0 Å². The third kappa shape index (κ3) is 11.7. The number of aliphatic carboxylic acids is 3. The standard InChI is InChI=1S/C12H10N2O8S.CH4.3K/c13-2-6-5(1-7(15)16)10(12(21)22)23-11(6)14(3-8(17)18)4-9(19)20;;;;/h1,3-4H2,(H,15,16)(H,17,18)(H,19,20)(H,21,22);1H4;;;/q;;3*+1/p-4. The van der Waals surface area contributed by atoms with Crippen molar-refractivity contribution in [1.29, 1.82) is 5.26 Å². The van der Waals surface area contributed by atoms with Crippen LogP contribution < -0.4 is 179 Å². The van der Waals surface area contributed by atoms with Crippen molar-refractivity contribution >= 4 is 40.2 Å². The Labute approximate surface area is 286 Å². The minimum Gasteiger partial charge on any atom is -0.550 e. The van der Waals surface area contributed by atoms with Gasteiger partial charge in [0.1, 0.15) is 11.1 Å². The molecule has 0 saturated heterocycles. The summed E-state index contributed by atoms with van der Waals surface area (Å²) >= 11 is 0.321. The summed E-state index contributed by atoms with van der Waals surface area (Å²) in [7, 11) is 0. The molecular weight excluding hydrogens is 462 g/mol. The Balaban J connectivity index is -0.000000661. The second-order valence-corrected chi connectivity index (χ2v) is 5.14. The van der Waals surface area contributed by atoms with Crippen LogP contribution in [0, 0.1) is 11.3 Å². The first-order valence-corrected chi connectivity index (χ1v) is 6.60. The average molecular weight is 472 g/mol. The summed E-state index contributed by atoms with van der Waals surface area (Å²) in [6.45, 7) is -1.94. The number of anilines is 1. The second kappa shape index (κ2) is 17.5. The van der Waals surface area contributed by atoms with E-state index in [4.69, 9.17) is 5.26 Å². The van der Waals surface area contributed by atoms with Crippen molar-refractivity contribution in [2.75, 3.05) is 18.0 Å². The summed E-state index contributed by atoms with van der Waals surface area (Å²) in [6, 6.07) is 1.53. The number of nitriles is 1. The van der Waals surface area contributed by atoms with Crippen molar-refractivity contribution in [1.82, 2.24) is 0 Å². The van der Waals surface area contributed by atoms with Crippen molar-refractivity contribution in [2.24, 2.45) is 0 Å². The molecule has 0 aliphatic rings. The van der Waals surface area contributed by atoms with E-state index in [1.165, 1.54) is 6.07 Å². The van der Waals surface area contributed by atoms with Gasteiger partial charge in [-0.3, -0.25) is 0 Å². The maximum atomic E-state index is 11.1. The molecule has 0 aliphatic carbocycles. The van der Waals surface area contributed by atoms with Crippen LogP contribution in [0.4, 0.5) is 5.00 Å². The van der Waals surface area contributed by atoms with Gasteiger partial charge in [-0.1, -0.05) is 7.43 Å². The molecule has 0 saturated carbocycles. The molecule has 1 aromatic rings. The van der Waals surface area contributed by atoms with Crippen LogP contribution in [0.1, 0.15) is 28.2 Å². The SMILES string of the molecule is C.N#Cc1c(N(CC(=O)[O-])CC(=O)[O-])sc(C(=O)[O-])c1CC(=O)[O-].[K+].[K+].[K+]. The number of nitrogens with zero attached hydrogens (tertiary/aromatic N) is 2. The molecule has 130 valence electrons. The summed E-state index contributed by atoms with van der Waals surface area (Å²) in [5.41, 5.74) is -0.935. The van der Waals surface area contributed by atoms with E-state index in [-0.39, 0.29) is 167 Å². The Morgan fingerprint density at radius 2 is 1.37 bits per heavy atom. The third-order valence-electron chi connectivity index (χ3n) is 2.53. The Hall–Kier alpha value is 1.78. The second-order valence-electron chi connectivity index (χ2n) is 4.14. The number of hydrogen-bond acceptors (Lipinski definition) is 11. The number of carboxylic acids is 4. The number of thiophene rings is 1. The first-order chi connectivity index (χ1) is 10.7. The summed E-state index contributed by atoms with van der Waals surface area (Å²) in [5, 5.41) is 51.9. The molecule has 14 heteroatoms. The van der Waals surface area contributed by atoms with Crippen molar-refractivity contribution in [3.05, 3.63) is 16.0 Å². The molecule has 0 bridgehead atoms. The Morgan fingerprint density at radius 3 is 1.67 bits per heavy atom. The molecule has 0 aliphatic heterocycles. The van der Waals surface area contributed by atoms with E-state index < -0.39 is 59.4 Å². The van der Waals surface area contributed by atoms with Gasteiger partial charge in [0, 0.05) is 12.4 Å². The largest absolute Gasteiger partial charge is 1.00 e. The molecule has 0 unspecified atom stereocenters. The molecule has 0 atom stereocenters. The maximum absolute atomic E-state index is 11.1. The zero-order valence-electron chi connectivity index (χ0n) is 14.2. The minimum absolute atomic E-state index is 0. The average Bonchev–Trinajstić information content (AvgIpc) is 2.74. The van der Waals surface area contributed by atoms with E-state index in [2.05, 4.69) is 0 Å². The van der Waals surface area contributed by atoms with Gasteiger partial charge in [-0.05, 0) is 5.56 Å². The van der Waals surface area contributed by atoms with Crippen LogP contribution in [-0.2, 0) is 20.8 Å². The van der Waals surface area contributed by atoms with E-state index in [1.54, 1.807) is 0 Å². The van der Waals surface area contributed by atoms with Crippen LogP contribution in [0.15, 0.2) is 0 Å². The monoisotopic (exact) mass is 471 g/mol. The number of carbonyl (C=O) groups excluding carboxylic acids is 4. The number of hydrogen-bond donors (Lipinski definition) is 0. The van der Waals surface area contributed by atoms with E-state index in [1.807, 2.05) is 0 Å². The minimum atomic E-state index is -1.80. The first-order valence-electron chi connectivity index (χ1n) is 5.79. The summed E-state index contributed by atoms with van der Waals surface area (Å²) in [4.78, 5) is 43.1. The van der Waals surface area contributed by atoms with Crippen molar-refractivity contribution in [3.8, 4) is 6.07 Å². The predicted octanol–water partition coefficient (Wildman–Crippen LogP) is -13.8. The van der Waals surface area contributed by atoms with Gasteiger partial charge in [0.05, 0.1) is 41.4 Å². The zero-order chi connectivity index (χ0) is 17.7. The van der Waals surface area contributed by atoms with Gasteiger partial charge in [0.2, 0.25) is 0 Å². The molecule has 0 spiro atoms. The maximum Gasteiger partial charge on any atom is 1.00 e. The molecule has 0 radical (unpaired) electrons. The van der Waals surface area contributed by atoms with E-state index >= 15 is 0 Å². The molecule has 1 aromatic heterocycles. The Kier molecular flexibility index (Phi) is 23.4. The first kappa shape index (κ1) is 36.2. The molecule has 0 N–H and O–H groups in total. The van der Waals surface area contributed by atoms with Crippen LogP contribution >= 0.6 is 11.3 Å². The molecule has 10 nitrogen and oxygen atoms in total. The fourth-order valence-corrected chi connectivity index (χ4v) is 2.88. The summed E-state index contributed by atoms with van der Waals surface area (Å²) in [5.74, 6) is -6.87. The van der Waals surface area contributed by atoms with Gasteiger partial charge >= 0.3 is 154 Å². The summed E-state index contributed by atoms with van der Waals surface area (Å²) in [6.07, 6.45) is -0.937. The van der Waals surface area contributed by atoms with Crippen LogP contribution in [0.3, 0.4) is 0 Å². The normalized spacial score (nSPS) is 8.41. The number of carboxylic acid groups (broad SMARTS) is 4. The summed E-state index contributed by atoms with van der Waals surface area (Å²) < 4.78 is 0. The smallest absolute Gasteiger partial charge is 0.550 e. The van der Waals surface area contributed by atoms with Crippen LogP contribution in [0.5, 0.6) is 0 Å².